The fourth-order valence-corrected chi connectivity index (χ4v) is 2.55. The SMILES string of the molecule is C#Cc1ccc(C(=O)Nc2ccc(-n3ncc4c(=O)[nH]cnc43)cc2)cn1. The van der Waals surface area contributed by atoms with Crippen LogP contribution in [0.5, 0.6) is 0 Å². The second-order valence-corrected chi connectivity index (χ2v) is 5.60. The Hall–Kier alpha value is -4.25. The largest absolute Gasteiger partial charge is 0.322 e. The van der Waals surface area contributed by atoms with Crippen molar-refractivity contribution in [2.45, 2.75) is 0 Å². The molecule has 0 aliphatic carbocycles. The number of nitrogens with one attached hydrogen (secondary N) is 2. The van der Waals surface area contributed by atoms with Crippen LogP contribution in [0.2, 0.25) is 0 Å². The molecule has 0 unspecified atom stereocenters. The van der Waals surface area contributed by atoms with E-state index < -0.39 is 0 Å². The number of aromatic nitrogens is 5. The molecule has 0 atom stereocenters. The predicted octanol–water partition coefficient (Wildman–Crippen LogP) is 1.74. The summed E-state index contributed by atoms with van der Waals surface area (Å²) in [6.45, 7) is 0. The summed E-state index contributed by atoms with van der Waals surface area (Å²) in [6.07, 6.45) is 9.47. The Morgan fingerprint density at radius 1 is 1.11 bits per heavy atom. The molecule has 130 valence electrons. The van der Waals surface area contributed by atoms with Gasteiger partial charge in [-0.25, -0.2) is 14.6 Å². The quantitative estimate of drug-likeness (QED) is 0.544. The first-order chi connectivity index (χ1) is 13.2. The van der Waals surface area contributed by atoms with Crippen LogP contribution in [0.15, 0.2) is 59.9 Å². The van der Waals surface area contributed by atoms with Crippen molar-refractivity contribution in [2.24, 2.45) is 0 Å². The van der Waals surface area contributed by atoms with Crippen molar-refractivity contribution in [1.29, 1.82) is 0 Å². The van der Waals surface area contributed by atoms with Gasteiger partial charge in [-0.1, -0.05) is 5.92 Å². The molecule has 8 nitrogen and oxygen atoms in total. The molecule has 27 heavy (non-hydrogen) atoms. The Morgan fingerprint density at radius 3 is 2.63 bits per heavy atom. The lowest BCUT2D eigenvalue weighted by atomic mass is 10.2. The summed E-state index contributed by atoms with van der Waals surface area (Å²) < 4.78 is 1.55. The molecule has 0 saturated heterocycles. The van der Waals surface area contributed by atoms with E-state index in [4.69, 9.17) is 6.42 Å². The molecule has 1 amide bonds. The van der Waals surface area contributed by atoms with E-state index in [1.807, 2.05) is 0 Å². The number of anilines is 1. The van der Waals surface area contributed by atoms with Crippen LogP contribution in [0.3, 0.4) is 0 Å². The number of carbonyl (C=O) groups excluding carboxylic acids is 1. The van der Waals surface area contributed by atoms with Gasteiger partial charge in [-0.3, -0.25) is 9.59 Å². The Morgan fingerprint density at radius 2 is 1.93 bits per heavy atom. The summed E-state index contributed by atoms with van der Waals surface area (Å²) in [5.74, 6) is 2.11. The van der Waals surface area contributed by atoms with Gasteiger partial charge in [0, 0.05) is 11.9 Å². The second kappa shape index (κ2) is 6.57. The Balaban J connectivity index is 1.56. The van der Waals surface area contributed by atoms with Crippen LogP contribution in [-0.2, 0) is 0 Å². The minimum Gasteiger partial charge on any atom is -0.322 e. The van der Waals surface area contributed by atoms with Crippen molar-refractivity contribution in [1.82, 2.24) is 24.7 Å². The fourth-order valence-electron chi connectivity index (χ4n) is 2.55. The third-order valence-electron chi connectivity index (χ3n) is 3.91. The molecule has 0 aliphatic heterocycles. The number of H-pyrrole nitrogens is 1. The van der Waals surface area contributed by atoms with Crippen LogP contribution in [0.4, 0.5) is 5.69 Å². The van der Waals surface area contributed by atoms with E-state index in [0.717, 1.165) is 0 Å². The van der Waals surface area contributed by atoms with Gasteiger partial charge in [0.15, 0.2) is 5.65 Å². The van der Waals surface area contributed by atoms with Crippen molar-refractivity contribution >= 4 is 22.6 Å². The highest BCUT2D eigenvalue weighted by Crippen LogP contribution is 2.17. The normalized spacial score (nSPS) is 10.5. The molecule has 0 saturated carbocycles. The molecule has 0 aliphatic rings. The monoisotopic (exact) mass is 356 g/mol. The van der Waals surface area contributed by atoms with E-state index >= 15 is 0 Å². The van der Waals surface area contributed by atoms with Gasteiger partial charge in [0.1, 0.15) is 11.1 Å². The molecule has 3 aromatic heterocycles. The Labute approximate surface area is 152 Å². The van der Waals surface area contributed by atoms with Gasteiger partial charge in [0.05, 0.1) is 23.8 Å². The van der Waals surface area contributed by atoms with Crippen LogP contribution in [-0.4, -0.2) is 30.6 Å². The van der Waals surface area contributed by atoms with Crippen LogP contribution >= 0.6 is 0 Å². The zero-order valence-electron chi connectivity index (χ0n) is 13.9. The molecule has 2 N–H and O–H groups in total. The van der Waals surface area contributed by atoms with Crippen LogP contribution in [0, 0.1) is 12.3 Å². The topological polar surface area (TPSA) is 106 Å². The third kappa shape index (κ3) is 3.05. The first-order valence-electron chi connectivity index (χ1n) is 7.91. The van der Waals surface area contributed by atoms with Crippen molar-refractivity contribution in [3.05, 3.63) is 76.7 Å². The summed E-state index contributed by atoms with van der Waals surface area (Å²) in [5, 5.41) is 7.39. The van der Waals surface area contributed by atoms with Gasteiger partial charge in [0.25, 0.3) is 11.5 Å². The lowest BCUT2D eigenvalue weighted by Crippen LogP contribution is -2.12. The standard InChI is InChI=1S/C19H12N6O2/c1-2-13-4-3-12(9-20-13)18(26)24-14-5-7-15(8-6-14)25-17-16(10-23-25)19(27)22-11-21-17/h1,3-11H,(H,24,26)(H,21,22,27). The highest BCUT2D eigenvalue weighted by molar-refractivity contribution is 6.04. The summed E-state index contributed by atoms with van der Waals surface area (Å²) in [4.78, 5) is 34.7. The Bertz CT molecular complexity index is 1230. The number of aromatic amines is 1. The van der Waals surface area contributed by atoms with Gasteiger partial charge < -0.3 is 10.3 Å². The fraction of sp³-hybridized carbons (Fsp3) is 0. The lowest BCUT2D eigenvalue weighted by Gasteiger charge is -2.07. The van der Waals surface area contributed by atoms with Crippen molar-refractivity contribution in [2.75, 3.05) is 5.32 Å². The highest BCUT2D eigenvalue weighted by atomic mass is 16.1. The summed E-state index contributed by atoms with van der Waals surface area (Å²) in [6, 6.07) is 10.2. The maximum absolute atomic E-state index is 12.3. The zero-order chi connectivity index (χ0) is 18.8. The van der Waals surface area contributed by atoms with Gasteiger partial charge in [0.2, 0.25) is 0 Å². The number of benzene rings is 1. The summed E-state index contributed by atoms with van der Waals surface area (Å²) >= 11 is 0. The number of hydrogen-bond donors (Lipinski definition) is 2. The van der Waals surface area contributed by atoms with Crippen molar-refractivity contribution in [3.8, 4) is 18.0 Å². The van der Waals surface area contributed by atoms with E-state index in [1.165, 1.54) is 18.7 Å². The van der Waals surface area contributed by atoms with Crippen LogP contribution in [0.25, 0.3) is 16.7 Å². The number of hydrogen-bond acceptors (Lipinski definition) is 5. The summed E-state index contributed by atoms with van der Waals surface area (Å²) in [7, 11) is 0. The zero-order valence-corrected chi connectivity index (χ0v) is 13.9. The number of amides is 1. The molecule has 0 fully saturated rings. The number of pyridine rings is 1. The van der Waals surface area contributed by atoms with E-state index in [0.29, 0.717) is 33.7 Å². The first-order valence-corrected chi connectivity index (χ1v) is 7.91. The van der Waals surface area contributed by atoms with Gasteiger partial charge in [-0.15, -0.1) is 6.42 Å². The number of terminal acetylenes is 1. The molecular weight excluding hydrogens is 344 g/mol. The Kier molecular flexibility index (Phi) is 3.95. The molecular formula is C19H12N6O2. The van der Waals surface area contributed by atoms with Crippen LogP contribution in [0.1, 0.15) is 16.1 Å². The van der Waals surface area contributed by atoms with Crippen molar-refractivity contribution in [3.63, 3.8) is 0 Å². The van der Waals surface area contributed by atoms with Gasteiger partial charge in [-0.2, -0.15) is 5.10 Å². The maximum atomic E-state index is 12.3. The first kappa shape index (κ1) is 16.2. The van der Waals surface area contributed by atoms with E-state index in [-0.39, 0.29) is 11.5 Å². The number of carbonyl (C=O) groups is 1. The number of nitrogens with zero attached hydrogens (tertiary/aromatic N) is 4. The minimum absolute atomic E-state index is 0.250. The minimum atomic E-state index is -0.295. The molecule has 3 heterocycles. The molecule has 4 aromatic rings. The van der Waals surface area contributed by atoms with Gasteiger partial charge in [-0.05, 0) is 36.4 Å². The molecule has 0 spiro atoms. The van der Waals surface area contributed by atoms with Crippen molar-refractivity contribution < 1.29 is 4.79 Å². The molecule has 0 radical (unpaired) electrons. The average Bonchev–Trinajstić information content (AvgIpc) is 3.14. The molecule has 4 rings (SSSR count). The number of rotatable bonds is 3. The smallest absolute Gasteiger partial charge is 0.261 e. The summed E-state index contributed by atoms with van der Waals surface area (Å²) in [5.41, 5.74) is 2.39. The van der Waals surface area contributed by atoms with Crippen LogP contribution < -0.4 is 10.9 Å². The van der Waals surface area contributed by atoms with E-state index in [9.17, 15) is 9.59 Å². The molecule has 8 heteroatoms. The molecule has 1 aromatic carbocycles. The van der Waals surface area contributed by atoms with E-state index in [2.05, 4.69) is 31.3 Å². The van der Waals surface area contributed by atoms with Gasteiger partial charge >= 0.3 is 0 Å². The maximum Gasteiger partial charge on any atom is 0.261 e. The van der Waals surface area contributed by atoms with E-state index in [1.54, 1.807) is 41.1 Å². The second-order valence-electron chi connectivity index (χ2n) is 5.60. The average molecular weight is 356 g/mol. The highest BCUT2D eigenvalue weighted by Gasteiger charge is 2.10. The lowest BCUT2D eigenvalue weighted by molar-refractivity contribution is 0.102. The molecule has 0 bridgehead atoms. The predicted molar refractivity (Wildman–Crippen MR) is 99.6 cm³/mol. The number of fused-ring (bicyclic) bond motifs is 1. The third-order valence-corrected chi connectivity index (χ3v) is 3.91.